The lowest BCUT2D eigenvalue weighted by atomic mass is 10.1. The van der Waals surface area contributed by atoms with Gasteiger partial charge in [0.25, 0.3) is 0 Å². The van der Waals surface area contributed by atoms with Crippen molar-refractivity contribution in [3.63, 3.8) is 0 Å². The summed E-state index contributed by atoms with van der Waals surface area (Å²) in [6, 6.07) is 10.0. The fourth-order valence-electron chi connectivity index (χ4n) is 1.25. The van der Waals surface area contributed by atoms with Gasteiger partial charge in [0, 0.05) is 12.6 Å². The topological polar surface area (TPSA) is 37.4 Å². The highest BCUT2D eigenvalue weighted by atomic mass is 32.2. The number of nitrogens with zero attached hydrogens (tertiary/aromatic N) is 1. The Balaban J connectivity index is 2.80. The van der Waals surface area contributed by atoms with Crippen LogP contribution in [0.2, 0.25) is 0 Å². The lowest BCUT2D eigenvalue weighted by Gasteiger charge is -2.19. The maximum Gasteiger partial charge on any atom is 0.517 e. The van der Waals surface area contributed by atoms with Crippen molar-refractivity contribution in [2.75, 3.05) is 6.54 Å². The number of hydrogen-bond acceptors (Lipinski definition) is 2. The summed E-state index contributed by atoms with van der Waals surface area (Å²) < 4.78 is 58.9. The number of terminal acetylenes is 1. The van der Waals surface area contributed by atoms with Crippen molar-refractivity contribution in [2.45, 2.75) is 11.9 Å². The lowest BCUT2D eigenvalue weighted by Crippen LogP contribution is -2.38. The first-order valence-corrected chi connectivity index (χ1v) is 6.32. The van der Waals surface area contributed by atoms with E-state index >= 15 is 0 Å². The van der Waals surface area contributed by atoms with Crippen molar-refractivity contribution < 1.29 is 21.6 Å². The average Bonchev–Trinajstić information content (AvgIpc) is 2.29. The molecule has 7 heteroatoms. The van der Waals surface area contributed by atoms with Gasteiger partial charge < -0.3 is 0 Å². The molecule has 0 saturated heterocycles. The summed E-state index contributed by atoms with van der Waals surface area (Å²) >= 11 is 0. The van der Waals surface area contributed by atoms with Crippen LogP contribution in [0.4, 0.5) is 13.2 Å². The lowest BCUT2D eigenvalue weighted by molar-refractivity contribution is -0.0474. The quantitative estimate of drug-likeness (QED) is 0.623. The Bertz CT molecular complexity index is 532. The summed E-state index contributed by atoms with van der Waals surface area (Å²) in [5.74, 6) is 0. The van der Waals surface area contributed by atoms with E-state index in [9.17, 15) is 21.6 Å². The van der Waals surface area contributed by atoms with Crippen molar-refractivity contribution in [3.8, 4) is 12.5 Å². The Hall–Kier alpha value is -1.68. The van der Waals surface area contributed by atoms with Gasteiger partial charge in [0.1, 0.15) is 0 Å². The molecule has 0 heterocycles. The number of sulfonamides is 1. The average molecular weight is 277 g/mol. The van der Waals surface area contributed by atoms with E-state index in [0.717, 1.165) is 0 Å². The SMILES string of the molecule is C#CN(CCc1ccccc1)S(=O)(=O)C(F)(F)F. The van der Waals surface area contributed by atoms with Crippen LogP contribution in [0.15, 0.2) is 30.3 Å². The number of benzene rings is 1. The highest BCUT2D eigenvalue weighted by Gasteiger charge is 2.49. The first-order chi connectivity index (χ1) is 8.29. The van der Waals surface area contributed by atoms with Gasteiger partial charge in [-0.25, -0.2) is 4.31 Å². The van der Waals surface area contributed by atoms with E-state index < -0.39 is 22.1 Å². The van der Waals surface area contributed by atoms with Crippen molar-refractivity contribution >= 4 is 10.0 Å². The van der Waals surface area contributed by atoms with Gasteiger partial charge in [-0.05, 0) is 12.0 Å². The molecule has 1 aromatic carbocycles. The number of hydrogen-bond donors (Lipinski definition) is 0. The van der Waals surface area contributed by atoms with Crippen LogP contribution < -0.4 is 0 Å². The molecule has 0 fully saturated rings. The summed E-state index contributed by atoms with van der Waals surface area (Å²) in [6.07, 6.45) is 4.93. The van der Waals surface area contributed by atoms with E-state index in [1.54, 1.807) is 36.4 Å². The molecule has 0 aromatic heterocycles. The van der Waals surface area contributed by atoms with Crippen molar-refractivity contribution in [2.24, 2.45) is 0 Å². The van der Waals surface area contributed by atoms with Gasteiger partial charge >= 0.3 is 15.5 Å². The van der Waals surface area contributed by atoms with Crippen LogP contribution in [0.3, 0.4) is 0 Å². The number of rotatable bonds is 4. The smallest absolute Gasteiger partial charge is 0.221 e. The van der Waals surface area contributed by atoms with E-state index in [1.807, 2.05) is 0 Å². The van der Waals surface area contributed by atoms with Crippen molar-refractivity contribution in [1.29, 1.82) is 0 Å². The maximum absolute atomic E-state index is 12.3. The molecule has 0 spiro atoms. The molecule has 1 rings (SSSR count). The molecule has 0 aliphatic carbocycles. The van der Waals surface area contributed by atoms with E-state index in [1.165, 1.54) is 0 Å². The number of alkyl halides is 3. The molecule has 0 amide bonds. The Kier molecular flexibility index (Phi) is 4.24. The van der Waals surface area contributed by atoms with Gasteiger partial charge in [-0.15, -0.1) is 0 Å². The first-order valence-electron chi connectivity index (χ1n) is 4.88. The Morgan fingerprint density at radius 3 is 2.22 bits per heavy atom. The molecule has 0 aliphatic heterocycles. The monoisotopic (exact) mass is 277 g/mol. The molecule has 3 nitrogen and oxygen atoms in total. The third-order valence-corrected chi connectivity index (χ3v) is 3.63. The highest BCUT2D eigenvalue weighted by Crippen LogP contribution is 2.26. The maximum atomic E-state index is 12.3. The molecule has 0 bridgehead atoms. The zero-order chi connectivity index (χ0) is 13.8. The summed E-state index contributed by atoms with van der Waals surface area (Å²) in [5, 5.41) is 0. The minimum atomic E-state index is -5.46. The molecule has 98 valence electrons. The van der Waals surface area contributed by atoms with Gasteiger partial charge in [-0.2, -0.15) is 21.6 Å². The van der Waals surface area contributed by atoms with Crippen LogP contribution in [-0.2, 0) is 16.4 Å². The van der Waals surface area contributed by atoms with Gasteiger partial charge in [0.15, 0.2) is 0 Å². The summed E-state index contributed by atoms with van der Waals surface area (Å²) in [4.78, 5) is 0. The predicted molar refractivity (Wildman–Crippen MR) is 60.7 cm³/mol. The second-order valence-electron chi connectivity index (χ2n) is 3.39. The van der Waals surface area contributed by atoms with Crippen molar-refractivity contribution in [1.82, 2.24) is 4.31 Å². The zero-order valence-electron chi connectivity index (χ0n) is 9.18. The molecule has 0 radical (unpaired) electrons. The van der Waals surface area contributed by atoms with Gasteiger partial charge in [0.2, 0.25) is 0 Å². The van der Waals surface area contributed by atoms with Crippen LogP contribution in [0.5, 0.6) is 0 Å². The number of halogens is 3. The fraction of sp³-hybridized carbons (Fsp3) is 0.273. The third kappa shape index (κ3) is 3.17. The summed E-state index contributed by atoms with van der Waals surface area (Å²) in [7, 11) is -5.46. The molecule has 18 heavy (non-hydrogen) atoms. The Morgan fingerprint density at radius 2 is 1.78 bits per heavy atom. The Morgan fingerprint density at radius 1 is 1.22 bits per heavy atom. The molecule has 0 saturated carbocycles. The van der Waals surface area contributed by atoms with E-state index in [4.69, 9.17) is 6.42 Å². The molecular formula is C11H10F3NO2S. The third-order valence-electron chi connectivity index (χ3n) is 2.17. The summed E-state index contributed by atoms with van der Waals surface area (Å²) in [5.41, 5.74) is -4.68. The normalized spacial score (nSPS) is 11.9. The van der Waals surface area contributed by atoms with Crippen LogP contribution in [0.25, 0.3) is 0 Å². The minimum absolute atomic E-state index is 0.0278. The second-order valence-corrected chi connectivity index (χ2v) is 5.24. The van der Waals surface area contributed by atoms with Crippen LogP contribution in [0, 0.1) is 12.5 Å². The van der Waals surface area contributed by atoms with E-state index in [2.05, 4.69) is 0 Å². The minimum Gasteiger partial charge on any atom is -0.221 e. The van der Waals surface area contributed by atoms with Crippen LogP contribution in [0.1, 0.15) is 5.56 Å². The molecule has 0 atom stereocenters. The predicted octanol–water partition coefficient (Wildman–Crippen LogP) is 1.97. The largest absolute Gasteiger partial charge is 0.517 e. The molecule has 0 unspecified atom stereocenters. The van der Waals surface area contributed by atoms with Crippen LogP contribution >= 0.6 is 0 Å². The van der Waals surface area contributed by atoms with Gasteiger partial charge in [-0.1, -0.05) is 36.8 Å². The fourth-order valence-corrected chi connectivity index (χ4v) is 1.97. The van der Waals surface area contributed by atoms with E-state index in [-0.39, 0.29) is 10.7 Å². The standard InChI is InChI=1S/C11H10F3NO2S/c1-2-15(18(16,17)11(12,13)14)9-8-10-6-4-3-5-7-10/h1,3-7H,8-9H2. The first kappa shape index (κ1) is 14.4. The van der Waals surface area contributed by atoms with E-state index in [0.29, 0.717) is 5.56 Å². The Labute approximate surface area is 103 Å². The molecule has 0 aliphatic rings. The molecule has 1 aromatic rings. The van der Waals surface area contributed by atoms with Crippen molar-refractivity contribution in [3.05, 3.63) is 35.9 Å². The van der Waals surface area contributed by atoms with Crippen LogP contribution in [-0.4, -0.2) is 24.8 Å². The van der Waals surface area contributed by atoms with Gasteiger partial charge in [-0.3, -0.25) is 0 Å². The summed E-state index contributed by atoms with van der Waals surface area (Å²) in [6.45, 7) is -0.414. The zero-order valence-corrected chi connectivity index (χ0v) is 10.0. The highest BCUT2D eigenvalue weighted by molar-refractivity contribution is 7.90. The molecular weight excluding hydrogens is 267 g/mol. The molecule has 0 N–H and O–H groups in total. The second kappa shape index (κ2) is 5.31. The van der Waals surface area contributed by atoms with Gasteiger partial charge in [0.05, 0.1) is 0 Å².